The minimum Gasteiger partial charge on any atom is -0.466 e. The first-order valence-corrected chi connectivity index (χ1v) is 12.7. The number of esters is 1. The van der Waals surface area contributed by atoms with Gasteiger partial charge in [-0.05, 0) is 44.6 Å². The maximum atomic E-state index is 12.8. The monoisotopic (exact) mass is 465 g/mol. The first kappa shape index (κ1) is 23.8. The molecule has 3 heterocycles. The Morgan fingerprint density at radius 3 is 2.87 bits per heavy atom. The minimum atomic E-state index is -0.255. The van der Waals surface area contributed by atoms with Gasteiger partial charge in [-0.25, -0.2) is 4.98 Å². The number of nitrogens with one attached hydrogen (secondary N) is 1. The van der Waals surface area contributed by atoms with Crippen LogP contribution in [0.2, 0.25) is 0 Å². The number of thioether (sulfide) groups is 1. The van der Waals surface area contributed by atoms with E-state index in [1.54, 1.807) is 11.8 Å². The molecule has 0 saturated carbocycles. The van der Waals surface area contributed by atoms with Crippen molar-refractivity contribution in [1.29, 1.82) is 0 Å². The maximum Gasteiger partial charge on any atom is 0.310 e. The molecule has 1 aliphatic rings. The number of rotatable bonds is 8. The van der Waals surface area contributed by atoms with Crippen LogP contribution in [0.1, 0.15) is 50.5 Å². The third kappa shape index (κ3) is 5.68. The molecule has 1 amide bonds. The lowest BCUT2D eigenvalue weighted by molar-refractivity contribution is -0.151. The van der Waals surface area contributed by atoms with E-state index in [1.165, 1.54) is 23.1 Å². The second kappa shape index (κ2) is 10.6. The van der Waals surface area contributed by atoms with Crippen LogP contribution < -0.4 is 5.56 Å². The highest BCUT2D eigenvalue weighted by atomic mass is 32.2. The average molecular weight is 466 g/mol. The highest BCUT2D eigenvalue weighted by Crippen LogP contribution is 2.30. The number of carbonyl (C=O) groups is 2. The predicted octanol–water partition coefficient (Wildman–Crippen LogP) is 3.78. The number of nitrogens with zero attached hydrogens (tertiary/aromatic N) is 2. The number of fused-ring (bicyclic) bond motifs is 1. The Hall–Kier alpha value is -1.87. The fourth-order valence-electron chi connectivity index (χ4n) is 3.84. The molecule has 2 atom stereocenters. The van der Waals surface area contributed by atoms with Crippen molar-refractivity contribution in [2.75, 3.05) is 25.4 Å². The van der Waals surface area contributed by atoms with E-state index in [-0.39, 0.29) is 29.1 Å². The number of aryl methyl sites for hydroxylation is 1. The third-order valence-corrected chi connectivity index (χ3v) is 7.72. The molecule has 1 fully saturated rings. The second-order valence-electron chi connectivity index (χ2n) is 8.13. The second-order valence-corrected chi connectivity index (χ2v) is 10.3. The van der Waals surface area contributed by atoms with Gasteiger partial charge in [0.05, 0.1) is 23.7 Å². The number of piperidine rings is 1. The molecule has 0 bridgehead atoms. The van der Waals surface area contributed by atoms with Gasteiger partial charge in [0.25, 0.3) is 5.56 Å². The van der Waals surface area contributed by atoms with Crippen LogP contribution in [0, 0.1) is 18.8 Å². The SMILES string of the molecule is CCOC(=O)C1CCCN(C(=O)CSc2nc3sc(C)c(CC(C)CC)c3c(=O)[nH]2)C1. The lowest BCUT2D eigenvalue weighted by Gasteiger charge is -2.31. The summed E-state index contributed by atoms with van der Waals surface area (Å²) < 4.78 is 5.10. The fraction of sp³-hybridized carbons (Fsp3) is 0.636. The number of ether oxygens (including phenoxy) is 1. The van der Waals surface area contributed by atoms with Gasteiger partial charge < -0.3 is 14.6 Å². The third-order valence-electron chi connectivity index (χ3n) is 5.82. The molecule has 0 spiro atoms. The number of hydrogen-bond acceptors (Lipinski definition) is 7. The summed E-state index contributed by atoms with van der Waals surface area (Å²) in [6.07, 6.45) is 3.46. The lowest BCUT2D eigenvalue weighted by atomic mass is 9.98. The van der Waals surface area contributed by atoms with Gasteiger partial charge in [0.15, 0.2) is 5.16 Å². The Balaban J connectivity index is 1.68. The van der Waals surface area contributed by atoms with Crippen LogP contribution >= 0.6 is 23.1 Å². The Morgan fingerprint density at radius 1 is 1.39 bits per heavy atom. The fourth-order valence-corrected chi connectivity index (χ4v) is 5.71. The van der Waals surface area contributed by atoms with Crippen LogP contribution in [0.3, 0.4) is 0 Å². The molecule has 0 radical (unpaired) electrons. The molecule has 0 aromatic carbocycles. The zero-order chi connectivity index (χ0) is 22.5. The van der Waals surface area contributed by atoms with Gasteiger partial charge in [-0.1, -0.05) is 32.0 Å². The summed E-state index contributed by atoms with van der Waals surface area (Å²) in [7, 11) is 0. The zero-order valence-corrected chi connectivity index (χ0v) is 20.3. The standard InChI is InChI=1S/C22H31N3O4S2/c1-5-13(3)10-16-14(4)31-20-18(16)19(27)23-22(24-20)30-12-17(26)25-9-7-8-15(11-25)21(28)29-6-2/h13,15H,5-12H2,1-4H3,(H,23,24,27). The van der Waals surface area contributed by atoms with Crippen LogP contribution in [0.5, 0.6) is 0 Å². The van der Waals surface area contributed by atoms with Gasteiger partial charge in [0.2, 0.25) is 5.91 Å². The normalized spacial score (nSPS) is 17.7. The Morgan fingerprint density at radius 2 is 2.16 bits per heavy atom. The van der Waals surface area contributed by atoms with E-state index < -0.39 is 0 Å². The van der Waals surface area contributed by atoms with E-state index in [1.807, 2.05) is 6.92 Å². The van der Waals surface area contributed by atoms with E-state index in [0.29, 0.717) is 36.2 Å². The van der Waals surface area contributed by atoms with Crippen LogP contribution in [0.15, 0.2) is 9.95 Å². The first-order valence-electron chi connectivity index (χ1n) is 10.9. The number of H-pyrrole nitrogens is 1. The number of likely N-dealkylation sites (tertiary alicyclic amines) is 1. The molecule has 2 aromatic rings. The maximum absolute atomic E-state index is 12.8. The van der Waals surface area contributed by atoms with E-state index in [4.69, 9.17) is 4.74 Å². The molecule has 1 aliphatic heterocycles. The van der Waals surface area contributed by atoms with Crippen molar-refractivity contribution in [2.45, 2.75) is 58.5 Å². The summed E-state index contributed by atoms with van der Waals surface area (Å²) in [5, 5.41) is 1.15. The van der Waals surface area contributed by atoms with Crippen LogP contribution in [-0.4, -0.2) is 52.2 Å². The van der Waals surface area contributed by atoms with Gasteiger partial charge in [-0.15, -0.1) is 11.3 Å². The smallest absolute Gasteiger partial charge is 0.310 e. The quantitative estimate of drug-likeness (QED) is 0.362. The minimum absolute atomic E-state index is 0.0541. The molecule has 3 rings (SSSR count). The Labute approximate surface area is 191 Å². The van der Waals surface area contributed by atoms with Gasteiger partial charge in [-0.2, -0.15) is 0 Å². The highest BCUT2D eigenvalue weighted by molar-refractivity contribution is 7.99. The molecular formula is C22H31N3O4S2. The lowest BCUT2D eigenvalue weighted by Crippen LogP contribution is -2.43. The summed E-state index contributed by atoms with van der Waals surface area (Å²) in [6.45, 7) is 9.55. The van der Waals surface area contributed by atoms with Crippen molar-refractivity contribution < 1.29 is 14.3 Å². The number of aromatic amines is 1. The van der Waals surface area contributed by atoms with E-state index >= 15 is 0 Å². The number of hydrogen-bond donors (Lipinski definition) is 1. The summed E-state index contributed by atoms with van der Waals surface area (Å²) in [5.41, 5.74) is 0.956. The van der Waals surface area contributed by atoms with Crippen LogP contribution in [0.25, 0.3) is 10.2 Å². The summed E-state index contributed by atoms with van der Waals surface area (Å²) in [4.78, 5) is 48.5. The molecule has 170 valence electrons. The van der Waals surface area contributed by atoms with Crippen molar-refractivity contribution in [3.63, 3.8) is 0 Å². The summed E-state index contributed by atoms with van der Waals surface area (Å²) >= 11 is 2.78. The molecular weight excluding hydrogens is 434 g/mol. The summed E-state index contributed by atoms with van der Waals surface area (Å²) in [5.74, 6) is 0.140. The van der Waals surface area contributed by atoms with Gasteiger partial charge >= 0.3 is 5.97 Å². The van der Waals surface area contributed by atoms with Gasteiger partial charge in [0, 0.05) is 18.0 Å². The average Bonchev–Trinajstić information content (AvgIpc) is 3.07. The molecule has 31 heavy (non-hydrogen) atoms. The molecule has 2 aromatic heterocycles. The number of carbonyl (C=O) groups excluding carboxylic acids is 2. The van der Waals surface area contributed by atoms with Crippen molar-refractivity contribution in [3.8, 4) is 0 Å². The van der Waals surface area contributed by atoms with Gasteiger partial charge in [0.1, 0.15) is 4.83 Å². The Kier molecular flexibility index (Phi) is 8.16. The number of thiophene rings is 1. The number of amides is 1. The molecule has 1 N–H and O–H groups in total. The van der Waals surface area contributed by atoms with Crippen LogP contribution in [0.4, 0.5) is 0 Å². The van der Waals surface area contributed by atoms with Crippen LogP contribution in [-0.2, 0) is 20.7 Å². The number of aromatic nitrogens is 2. The first-order chi connectivity index (χ1) is 14.8. The van der Waals surface area contributed by atoms with Crippen molar-refractivity contribution >= 4 is 45.2 Å². The van der Waals surface area contributed by atoms with Crippen molar-refractivity contribution in [3.05, 3.63) is 20.8 Å². The molecule has 7 nitrogen and oxygen atoms in total. The van der Waals surface area contributed by atoms with E-state index in [0.717, 1.165) is 41.0 Å². The van der Waals surface area contributed by atoms with Crippen molar-refractivity contribution in [2.24, 2.45) is 11.8 Å². The molecule has 1 saturated heterocycles. The van der Waals surface area contributed by atoms with Crippen molar-refractivity contribution in [1.82, 2.24) is 14.9 Å². The molecule has 0 aliphatic carbocycles. The Bertz CT molecular complexity index is 1000. The highest BCUT2D eigenvalue weighted by Gasteiger charge is 2.29. The summed E-state index contributed by atoms with van der Waals surface area (Å²) in [6, 6.07) is 0. The van der Waals surface area contributed by atoms with E-state index in [2.05, 4.69) is 23.8 Å². The molecule has 9 heteroatoms. The zero-order valence-electron chi connectivity index (χ0n) is 18.7. The van der Waals surface area contributed by atoms with E-state index in [9.17, 15) is 14.4 Å². The largest absolute Gasteiger partial charge is 0.466 e. The predicted molar refractivity (Wildman–Crippen MR) is 125 cm³/mol. The topological polar surface area (TPSA) is 92.4 Å². The van der Waals surface area contributed by atoms with Gasteiger partial charge in [-0.3, -0.25) is 14.4 Å². The molecule has 2 unspecified atom stereocenters.